The molecule has 0 radical (unpaired) electrons. The average Bonchev–Trinajstić information content (AvgIpc) is 3.00. The van der Waals surface area contributed by atoms with Crippen LogP contribution in [0.3, 0.4) is 0 Å². The molecule has 2 amide bonds. The molecule has 1 saturated carbocycles. The maximum atomic E-state index is 12.5. The van der Waals surface area contributed by atoms with Crippen molar-refractivity contribution in [3.8, 4) is 11.5 Å². The normalized spacial score (nSPS) is 20.6. The minimum absolute atomic E-state index is 0.0789. The third-order valence-corrected chi connectivity index (χ3v) is 4.93. The molecular formula is C17H22N2O3. The summed E-state index contributed by atoms with van der Waals surface area (Å²) in [6, 6.07) is 4.53. The van der Waals surface area contributed by atoms with Crippen molar-refractivity contribution in [2.24, 2.45) is 0 Å². The first kappa shape index (κ1) is 13.7. The zero-order valence-electron chi connectivity index (χ0n) is 12.8. The van der Waals surface area contributed by atoms with E-state index in [1.165, 1.54) is 30.4 Å². The number of carbonyl (C=O) groups is 1. The first-order chi connectivity index (χ1) is 10.8. The van der Waals surface area contributed by atoms with Crippen LogP contribution in [0.2, 0.25) is 0 Å². The molecule has 0 aromatic heterocycles. The molecule has 4 rings (SSSR count). The molecule has 0 spiro atoms. The summed E-state index contributed by atoms with van der Waals surface area (Å²) in [5.41, 5.74) is 2.44. The van der Waals surface area contributed by atoms with E-state index in [1.807, 2.05) is 11.0 Å². The van der Waals surface area contributed by atoms with E-state index >= 15 is 0 Å². The highest BCUT2D eigenvalue weighted by molar-refractivity contribution is 5.75. The number of nitrogens with zero attached hydrogens (tertiary/aromatic N) is 1. The number of carbonyl (C=O) groups excluding carboxylic acids is 1. The summed E-state index contributed by atoms with van der Waals surface area (Å²) in [6.45, 7) is 1.72. The van der Waals surface area contributed by atoms with Crippen molar-refractivity contribution in [2.75, 3.05) is 13.3 Å². The minimum atomic E-state index is 0.0789. The zero-order valence-corrected chi connectivity index (χ0v) is 12.8. The molecule has 5 heteroatoms. The van der Waals surface area contributed by atoms with Gasteiger partial charge < -0.3 is 19.7 Å². The Morgan fingerprint density at radius 2 is 1.82 bits per heavy atom. The van der Waals surface area contributed by atoms with Crippen LogP contribution in [0.5, 0.6) is 11.5 Å². The van der Waals surface area contributed by atoms with Crippen molar-refractivity contribution in [1.82, 2.24) is 10.2 Å². The number of hydrogen-bond donors (Lipinski definition) is 1. The van der Waals surface area contributed by atoms with Crippen LogP contribution in [-0.2, 0) is 13.0 Å². The Morgan fingerprint density at radius 1 is 1.09 bits per heavy atom. The summed E-state index contributed by atoms with van der Waals surface area (Å²) < 4.78 is 10.9. The van der Waals surface area contributed by atoms with Crippen LogP contribution >= 0.6 is 0 Å². The summed E-state index contributed by atoms with van der Waals surface area (Å²) in [6.07, 6.45) is 6.89. The van der Waals surface area contributed by atoms with Gasteiger partial charge in [-0.15, -0.1) is 0 Å². The quantitative estimate of drug-likeness (QED) is 0.868. The van der Waals surface area contributed by atoms with E-state index in [0.717, 1.165) is 37.3 Å². The third-order valence-electron chi connectivity index (χ3n) is 4.93. The molecule has 2 aliphatic heterocycles. The minimum Gasteiger partial charge on any atom is -0.454 e. The van der Waals surface area contributed by atoms with Crippen LogP contribution < -0.4 is 14.8 Å². The molecule has 1 fully saturated rings. The fourth-order valence-electron chi connectivity index (χ4n) is 3.63. The molecule has 1 aromatic carbocycles. The highest BCUT2D eigenvalue weighted by Gasteiger charge is 2.26. The van der Waals surface area contributed by atoms with Crippen LogP contribution in [0.4, 0.5) is 4.79 Å². The van der Waals surface area contributed by atoms with Crippen molar-refractivity contribution in [3.63, 3.8) is 0 Å². The summed E-state index contributed by atoms with van der Waals surface area (Å²) in [7, 11) is 0. The van der Waals surface area contributed by atoms with Crippen molar-refractivity contribution >= 4 is 6.03 Å². The van der Waals surface area contributed by atoms with E-state index in [1.54, 1.807) is 0 Å². The Labute approximate surface area is 130 Å². The highest BCUT2D eigenvalue weighted by Crippen LogP contribution is 2.36. The van der Waals surface area contributed by atoms with Gasteiger partial charge in [-0.2, -0.15) is 0 Å². The van der Waals surface area contributed by atoms with Gasteiger partial charge in [0.05, 0.1) is 0 Å². The van der Waals surface area contributed by atoms with Crippen molar-refractivity contribution in [1.29, 1.82) is 0 Å². The molecule has 5 nitrogen and oxygen atoms in total. The second-order valence-electron chi connectivity index (χ2n) is 6.43. The van der Waals surface area contributed by atoms with Gasteiger partial charge in [-0.05, 0) is 42.5 Å². The fourth-order valence-corrected chi connectivity index (χ4v) is 3.63. The molecule has 3 aliphatic rings. The van der Waals surface area contributed by atoms with Gasteiger partial charge in [-0.1, -0.05) is 19.3 Å². The third kappa shape index (κ3) is 2.60. The van der Waals surface area contributed by atoms with Gasteiger partial charge in [0.15, 0.2) is 11.5 Å². The molecule has 1 N–H and O–H groups in total. The van der Waals surface area contributed by atoms with Gasteiger partial charge in [0, 0.05) is 19.1 Å². The molecule has 2 heterocycles. The number of benzene rings is 1. The summed E-state index contributed by atoms with van der Waals surface area (Å²) in [5.74, 6) is 1.63. The maximum absolute atomic E-state index is 12.5. The lowest BCUT2D eigenvalue weighted by molar-refractivity contribution is 0.174. The van der Waals surface area contributed by atoms with Crippen molar-refractivity contribution in [3.05, 3.63) is 23.3 Å². The molecule has 1 aliphatic carbocycles. The Bertz CT molecular complexity index is 582. The Morgan fingerprint density at radius 3 is 2.59 bits per heavy atom. The average molecular weight is 302 g/mol. The smallest absolute Gasteiger partial charge is 0.317 e. The van der Waals surface area contributed by atoms with E-state index in [9.17, 15) is 4.79 Å². The molecular weight excluding hydrogens is 280 g/mol. The number of rotatable bonds is 1. The van der Waals surface area contributed by atoms with Gasteiger partial charge >= 0.3 is 6.03 Å². The number of urea groups is 1. The van der Waals surface area contributed by atoms with Crippen LogP contribution in [0.15, 0.2) is 12.1 Å². The molecule has 0 saturated heterocycles. The number of ether oxygens (including phenoxy) is 2. The monoisotopic (exact) mass is 302 g/mol. The second-order valence-corrected chi connectivity index (χ2v) is 6.43. The van der Waals surface area contributed by atoms with E-state index in [4.69, 9.17) is 9.47 Å². The van der Waals surface area contributed by atoms with Crippen LogP contribution in [-0.4, -0.2) is 30.3 Å². The Balaban J connectivity index is 1.43. The van der Waals surface area contributed by atoms with E-state index < -0.39 is 0 Å². The topological polar surface area (TPSA) is 50.8 Å². The molecule has 1 aromatic rings. The highest BCUT2D eigenvalue weighted by atomic mass is 16.7. The molecule has 0 bridgehead atoms. The molecule has 0 atom stereocenters. The van der Waals surface area contributed by atoms with Crippen molar-refractivity contribution in [2.45, 2.75) is 51.1 Å². The zero-order chi connectivity index (χ0) is 14.9. The van der Waals surface area contributed by atoms with Gasteiger partial charge in [0.1, 0.15) is 0 Å². The standard InChI is InChI=1S/C17H22N2O3/c20-17(18-14-4-2-1-3-5-14)19-7-6-12-8-15-16(22-11-21-15)9-13(12)10-19/h8-9,14H,1-7,10-11H2,(H,18,20). The number of nitrogens with one attached hydrogen (secondary N) is 1. The summed E-state index contributed by atoms with van der Waals surface area (Å²) in [5, 5.41) is 3.20. The first-order valence-corrected chi connectivity index (χ1v) is 8.26. The first-order valence-electron chi connectivity index (χ1n) is 8.26. The van der Waals surface area contributed by atoms with Gasteiger partial charge in [-0.25, -0.2) is 4.79 Å². The van der Waals surface area contributed by atoms with Crippen LogP contribution in [0, 0.1) is 0 Å². The maximum Gasteiger partial charge on any atom is 0.317 e. The molecule has 0 unspecified atom stereocenters. The lowest BCUT2D eigenvalue weighted by Crippen LogP contribution is -2.47. The summed E-state index contributed by atoms with van der Waals surface area (Å²) >= 11 is 0. The largest absolute Gasteiger partial charge is 0.454 e. The predicted molar refractivity (Wildman–Crippen MR) is 82.1 cm³/mol. The lowest BCUT2D eigenvalue weighted by Gasteiger charge is -2.32. The van der Waals surface area contributed by atoms with E-state index in [-0.39, 0.29) is 6.03 Å². The van der Waals surface area contributed by atoms with E-state index in [2.05, 4.69) is 11.4 Å². The molecule has 22 heavy (non-hydrogen) atoms. The lowest BCUT2D eigenvalue weighted by atomic mass is 9.95. The Hall–Kier alpha value is -1.91. The fraction of sp³-hybridized carbons (Fsp3) is 0.588. The Kier molecular flexibility index (Phi) is 3.56. The predicted octanol–water partition coefficient (Wildman–Crippen LogP) is 2.82. The van der Waals surface area contributed by atoms with Gasteiger partial charge in [0.25, 0.3) is 0 Å². The van der Waals surface area contributed by atoms with E-state index in [0.29, 0.717) is 19.4 Å². The molecule has 118 valence electrons. The SMILES string of the molecule is O=C(NC1CCCCC1)N1CCc2cc3c(cc2C1)OCO3. The second kappa shape index (κ2) is 5.71. The van der Waals surface area contributed by atoms with Gasteiger partial charge in [-0.3, -0.25) is 0 Å². The van der Waals surface area contributed by atoms with Crippen LogP contribution in [0.1, 0.15) is 43.2 Å². The van der Waals surface area contributed by atoms with Crippen LogP contribution in [0.25, 0.3) is 0 Å². The number of hydrogen-bond acceptors (Lipinski definition) is 3. The number of fused-ring (bicyclic) bond motifs is 2. The van der Waals surface area contributed by atoms with Gasteiger partial charge in [0.2, 0.25) is 6.79 Å². The summed E-state index contributed by atoms with van der Waals surface area (Å²) in [4.78, 5) is 14.4. The number of amides is 2. The van der Waals surface area contributed by atoms with Crippen molar-refractivity contribution < 1.29 is 14.3 Å².